The van der Waals surface area contributed by atoms with E-state index >= 15 is 0 Å². The van der Waals surface area contributed by atoms with Crippen LogP contribution in [0.25, 0.3) is 0 Å². The molecule has 1 aromatic rings. The van der Waals surface area contributed by atoms with E-state index in [4.69, 9.17) is 0 Å². The Morgan fingerprint density at radius 2 is 2.33 bits per heavy atom. The van der Waals surface area contributed by atoms with Gasteiger partial charge in [-0.25, -0.2) is 9.66 Å². The number of nitrogens with zero attached hydrogens (tertiary/aromatic N) is 2. The molecule has 4 nitrogen and oxygen atoms in total. The molecule has 50 valence electrons. The molecule has 2 N–H and O–H groups in total. The third kappa shape index (κ3) is 0.960. The minimum absolute atomic E-state index is 0.817. The van der Waals surface area contributed by atoms with Crippen LogP contribution in [0.2, 0.25) is 0 Å². The second kappa shape index (κ2) is 2.39. The molecule has 9 heavy (non-hydrogen) atoms. The first kappa shape index (κ1) is 5.94. The zero-order valence-electron chi connectivity index (χ0n) is 5.55. The van der Waals surface area contributed by atoms with Crippen LogP contribution in [0.3, 0.4) is 0 Å². The SMILES string of the molecule is CNc1nccn1NC. The molecule has 1 heterocycles. The van der Waals surface area contributed by atoms with Gasteiger partial charge in [-0.1, -0.05) is 0 Å². The average molecular weight is 126 g/mol. The van der Waals surface area contributed by atoms with Crippen LogP contribution in [0.4, 0.5) is 5.95 Å². The lowest BCUT2D eigenvalue weighted by Gasteiger charge is -2.03. The van der Waals surface area contributed by atoms with Crippen molar-refractivity contribution < 1.29 is 0 Å². The van der Waals surface area contributed by atoms with E-state index in [0.717, 1.165) is 5.95 Å². The van der Waals surface area contributed by atoms with Gasteiger partial charge in [0.2, 0.25) is 5.95 Å². The molecule has 0 aliphatic carbocycles. The molecule has 0 bridgehead atoms. The predicted molar refractivity (Wildman–Crippen MR) is 37.1 cm³/mol. The van der Waals surface area contributed by atoms with Crippen molar-refractivity contribution in [2.24, 2.45) is 0 Å². The molecule has 0 atom stereocenters. The molecule has 1 rings (SSSR count). The van der Waals surface area contributed by atoms with E-state index < -0.39 is 0 Å². The summed E-state index contributed by atoms with van der Waals surface area (Å²) in [6, 6.07) is 0. The second-order valence-corrected chi connectivity index (χ2v) is 1.59. The molecule has 4 heteroatoms. The normalized spacial score (nSPS) is 9.11. The van der Waals surface area contributed by atoms with Crippen molar-refractivity contribution in [1.29, 1.82) is 0 Å². The average Bonchev–Trinajstić information content (AvgIpc) is 2.33. The third-order valence-corrected chi connectivity index (χ3v) is 1.11. The number of rotatable bonds is 2. The Balaban J connectivity index is 2.85. The Morgan fingerprint density at radius 1 is 1.56 bits per heavy atom. The standard InChI is InChI=1S/C5H10N4/c1-6-5-8-3-4-9(5)7-2/h3-4,7H,1-2H3,(H,6,8). The maximum Gasteiger partial charge on any atom is 0.221 e. The summed E-state index contributed by atoms with van der Waals surface area (Å²) < 4.78 is 1.79. The van der Waals surface area contributed by atoms with Gasteiger partial charge >= 0.3 is 0 Å². The van der Waals surface area contributed by atoms with Crippen LogP contribution in [-0.2, 0) is 0 Å². The summed E-state index contributed by atoms with van der Waals surface area (Å²) in [6.07, 6.45) is 3.56. The topological polar surface area (TPSA) is 41.9 Å². The van der Waals surface area contributed by atoms with E-state index in [1.54, 1.807) is 10.9 Å². The molecule has 0 radical (unpaired) electrons. The number of nitrogens with one attached hydrogen (secondary N) is 2. The summed E-state index contributed by atoms with van der Waals surface area (Å²) in [5.74, 6) is 0.817. The first-order valence-corrected chi connectivity index (χ1v) is 2.77. The Bertz CT molecular complexity index is 162. The van der Waals surface area contributed by atoms with Gasteiger partial charge in [0.25, 0.3) is 0 Å². The van der Waals surface area contributed by atoms with Crippen LogP contribution >= 0.6 is 0 Å². The van der Waals surface area contributed by atoms with Crippen molar-refractivity contribution >= 4 is 5.95 Å². The summed E-state index contributed by atoms with van der Waals surface area (Å²) in [5, 5.41) is 2.92. The lowest BCUT2D eigenvalue weighted by atomic mass is 10.9. The van der Waals surface area contributed by atoms with Crippen LogP contribution in [0, 0.1) is 0 Å². The van der Waals surface area contributed by atoms with Gasteiger partial charge in [0.15, 0.2) is 0 Å². The maximum absolute atomic E-state index is 3.99. The number of aromatic nitrogens is 2. The predicted octanol–water partition coefficient (Wildman–Crippen LogP) is 0.0981. The van der Waals surface area contributed by atoms with E-state index in [1.807, 2.05) is 20.3 Å². The third-order valence-electron chi connectivity index (χ3n) is 1.11. The van der Waals surface area contributed by atoms with E-state index in [9.17, 15) is 0 Å². The van der Waals surface area contributed by atoms with Crippen LogP contribution in [0.5, 0.6) is 0 Å². The lowest BCUT2D eigenvalue weighted by molar-refractivity contribution is 0.929. The van der Waals surface area contributed by atoms with Crippen LogP contribution in [-0.4, -0.2) is 23.8 Å². The molecule has 0 aliphatic rings. The van der Waals surface area contributed by atoms with Gasteiger partial charge in [-0.2, -0.15) is 0 Å². The van der Waals surface area contributed by atoms with Crippen LogP contribution in [0.1, 0.15) is 0 Å². The molecule has 0 saturated heterocycles. The minimum Gasteiger partial charge on any atom is -0.357 e. The van der Waals surface area contributed by atoms with Gasteiger partial charge in [0.1, 0.15) is 0 Å². The summed E-state index contributed by atoms with van der Waals surface area (Å²) in [4.78, 5) is 3.99. The first-order chi connectivity index (χ1) is 4.38. The zero-order valence-corrected chi connectivity index (χ0v) is 5.55. The molecular formula is C5H10N4. The molecule has 0 aromatic carbocycles. The van der Waals surface area contributed by atoms with E-state index in [1.165, 1.54) is 0 Å². The number of anilines is 1. The van der Waals surface area contributed by atoms with E-state index in [2.05, 4.69) is 15.7 Å². The van der Waals surface area contributed by atoms with Crippen molar-refractivity contribution in [3.8, 4) is 0 Å². The molecular weight excluding hydrogens is 116 g/mol. The monoisotopic (exact) mass is 126 g/mol. The van der Waals surface area contributed by atoms with Gasteiger partial charge in [0, 0.05) is 26.5 Å². The summed E-state index contributed by atoms with van der Waals surface area (Å²) in [5.41, 5.74) is 2.92. The van der Waals surface area contributed by atoms with Gasteiger partial charge in [-0.3, -0.25) is 0 Å². The number of hydrogen-bond acceptors (Lipinski definition) is 3. The summed E-state index contributed by atoms with van der Waals surface area (Å²) >= 11 is 0. The molecule has 0 amide bonds. The fourth-order valence-electron chi connectivity index (χ4n) is 0.669. The van der Waals surface area contributed by atoms with Gasteiger partial charge in [-0.05, 0) is 0 Å². The summed E-state index contributed by atoms with van der Waals surface area (Å²) in [6.45, 7) is 0. The summed E-state index contributed by atoms with van der Waals surface area (Å²) in [7, 11) is 3.67. The minimum atomic E-state index is 0.817. The highest BCUT2D eigenvalue weighted by molar-refractivity contribution is 5.24. The Kier molecular flexibility index (Phi) is 1.58. The van der Waals surface area contributed by atoms with E-state index in [-0.39, 0.29) is 0 Å². The van der Waals surface area contributed by atoms with Crippen molar-refractivity contribution in [2.45, 2.75) is 0 Å². The Morgan fingerprint density at radius 3 is 2.78 bits per heavy atom. The lowest BCUT2D eigenvalue weighted by Crippen LogP contribution is -2.10. The molecule has 0 unspecified atom stereocenters. The van der Waals surface area contributed by atoms with Gasteiger partial charge in [-0.15, -0.1) is 0 Å². The smallest absolute Gasteiger partial charge is 0.221 e. The molecule has 0 spiro atoms. The zero-order chi connectivity index (χ0) is 6.69. The van der Waals surface area contributed by atoms with Crippen molar-refractivity contribution in [3.05, 3.63) is 12.4 Å². The van der Waals surface area contributed by atoms with Crippen molar-refractivity contribution in [3.63, 3.8) is 0 Å². The molecule has 0 fully saturated rings. The maximum atomic E-state index is 3.99. The quantitative estimate of drug-likeness (QED) is 0.590. The Hall–Kier alpha value is -1.19. The highest BCUT2D eigenvalue weighted by Crippen LogP contribution is 1.97. The van der Waals surface area contributed by atoms with Crippen LogP contribution < -0.4 is 10.7 Å². The van der Waals surface area contributed by atoms with Crippen LogP contribution in [0.15, 0.2) is 12.4 Å². The molecule has 0 aliphatic heterocycles. The largest absolute Gasteiger partial charge is 0.357 e. The van der Waals surface area contributed by atoms with Crippen molar-refractivity contribution in [2.75, 3.05) is 24.8 Å². The fraction of sp³-hybridized carbons (Fsp3) is 0.400. The number of hydrogen-bond donors (Lipinski definition) is 2. The number of imidazole rings is 1. The fourth-order valence-corrected chi connectivity index (χ4v) is 0.669. The second-order valence-electron chi connectivity index (χ2n) is 1.59. The molecule has 1 aromatic heterocycles. The van der Waals surface area contributed by atoms with Crippen molar-refractivity contribution in [1.82, 2.24) is 9.66 Å². The Labute approximate surface area is 53.9 Å². The highest BCUT2D eigenvalue weighted by atomic mass is 15.4. The highest BCUT2D eigenvalue weighted by Gasteiger charge is 1.93. The van der Waals surface area contributed by atoms with Gasteiger partial charge < -0.3 is 10.7 Å². The van der Waals surface area contributed by atoms with Gasteiger partial charge in [0.05, 0.1) is 0 Å². The first-order valence-electron chi connectivity index (χ1n) is 2.77. The molecule has 0 saturated carbocycles. The van der Waals surface area contributed by atoms with E-state index in [0.29, 0.717) is 0 Å².